The van der Waals surface area contributed by atoms with Crippen LogP contribution in [0.1, 0.15) is 36.8 Å². The zero-order valence-corrected chi connectivity index (χ0v) is 16.3. The van der Waals surface area contributed by atoms with Gasteiger partial charge in [-0.05, 0) is 30.2 Å². The Kier molecular flexibility index (Phi) is 6.64. The van der Waals surface area contributed by atoms with Gasteiger partial charge in [0.15, 0.2) is 11.5 Å². The van der Waals surface area contributed by atoms with Crippen LogP contribution in [0.3, 0.4) is 0 Å². The third-order valence-electron chi connectivity index (χ3n) is 3.97. The Labute approximate surface area is 162 Å². The van der Waals surface area contributed by atoms with Crippen LogP contribution >= 0.6 is 11.3 Å². The predicted molar refractivity (Wildman–Crippen MR) is 105 cm³/mol. The Morgan fingerprint density at radius 2 is 2.15 bits per heavy atom. The maximum absolute atomic E-state index is 12.2. The molecule has 0 atom stereocenters. The Hall–Kier alpha value is -2.61. The average Bonchev–Trinajstić information content (AvgIpc) is 3.13. The first kappa shape index (κ1) is 19.2. The van der Waals surface area contributed by atoms with Crippen molar-refractivity contribution in [1.29, 1.82) is 0 Å². The van der Waals surface area contributed by atoms with Gasteiger partial charge in [-0.25, -0.2) is 0 Å². The van der Waals surface area contributed by atoms with Crippen LogP contribution in [0.2, 0.25) is 0 Å². The molecule has 2 heterocycles. The van der Waals surface area contributed by atoms with Crippen LogP contribution in [0.15, 0.2) is 18.2 Å². The topological polar surface area (TPSA) is 82.6 Å². The quantitative estimate of drug-likeness (QED) is 0.547. The molecule has 0 spiro atoms. The summed E-state index contributed by atoms with van der Waals surface area (Å²) in [5.41, 5.74) is 0.781. The highest BCUT2D eigenvalue weighted by Crippen LogP contribution is 2.40. The number of benzene rings is 1. The second-order valence-electron chi connectivity index (χ2n) is 6.03. The van der Waals surface area contributed by atoms with E-state index in [-0.39, 0.29) is 5.91 Å². The first-order chi connectivity index (χ1) is 13.2. The molecular formula is C19H23N3O4S. The molecule has 27 heavy (non-hydrogen) atoms. The number of nitrogens with zero attached hydrogens (tertiary/aromatic N) is 2. The molecule has 2 aromatic rings. The monoisotopic (exact) mass is 389 g/mol. The molecule has 8 heteroatoms. The lowest BCUT2D eigenvalue weighted by atomic mass is 10.1. The summed E-state index contributed by atoms with van der Waals surface area (Å²) >= 11 is 1.41. The summed E-state index contributed by atoms with van der Waals surface area (Å²) in [4.78, 5) is 12.2. The lowest BCUT2D eigenvalue weighted by Gasteiger charge is -2.20. The minimum absolute atomic E-state index is 0.264. The molecule has 0 saturated heterocycles. The summed E-state index contributed by atoms with van der Waals surface area (Å²) in [7, 11) is 1.57. The van der Waals surface area contributed by atoms with Crippen LogP contribution in [0.25, 0.3) is 6.08 Å². The number of methoxy groups -OCH3 is 1. The average molecular weight is 389 g/mol. The maximum atomic E-state index is 12.2. The summed E-state index contributed by atoms with van der Waals surface area (Å²) in [6.07, 6.45) is 7.46. The third kappa shape index (κ3) is 5.19. The molecule has 0 radical (unpaired) electrons. The number of aryl methyl sites for hydroxylation is 1. The van der Waals surface area contributed by atoms with Gasteiger partial charge >= 0.3 is 0 Å². The van der Waals surface area contributed by atoms with E-state index in [1.165, 1.54) is 23.8 Å². The molecule has 0 bridgehead atoms. The zero-order valence-electron chi connectivity index (χ0n) is 15.5. The number of unbranched alkanes of at least 4 members (excludes halogenated alkanes) is 2. The van der Waals surface area contributed by atoms with Gasteiger partial charge < -0.3 is 14.2 Å². The van der Waals surface area contributed by atoms with E-state index in [9.17, 15) is 4.79 Å². The molecule has 1 aliphatic heterocycles. The SMILES string of the molecule is CCCCCc1nnc(NC(=O)/C=C/c2cc(OC)c3c(c2)OCCO3)s1. The van der Waals surface area contributed by atoms with Crippen LogP contribution in [0.4, 0.5) is 5.13 Å². The van der Waals surface area contributed by atoms with Crippen molar-refractivity contribution >= 4 is 28.5 Å². The molecule has 0 saturated carbocycles. The number of fused-ring (bicyclic) bond motifs is 1. The van der Waals surface area contributed by atoms with Crippen molar-refractivity contribution in [3.63, 3.8) is 0 Å². The van der Waals surface area contributed by atoms with Crippen molar-refractivity contribution in [3.8, 4) is 17.2 Å². The zero-order chi connectivity index (χ0) is 19.1. The normalized spacial score (nSPS) is 13.0. The lowest BCUT2D eigenvalue weighted by Crippen LogP contribution is -2.16. The highest BCUT2D eigenvalue weighted by Gasteiger charge is 2.17. The number of amides is 1. The van der Waals surface area contributed by atoms with E-state index >= 15 is 0 Å². The Balaban J connectivity index is 1.61. The van der Waals surface area contributed by atoms with Crippen molar-refractivity contribution in [1.82, 2.24) is 10.2 Å². The third-order valence-corrected chi connectivity index (χ3v) is 4.87. The van der Waals surface area contributed by atoms with E-state index in [1.807, 2.05) is 6.07 Å². The van der Waals surface area contributed by atoms with Gasteiger partial charge in [-0.3, -0.25) is 10.1 Å². The number of rotatable bonds is 8. The van der Waals surface area contributed by atoms with Crippen molar-refractivity contribution in [3.05, 3.63) is 28.8 Å². The minimum atomic E-state index is -0.264. The van der Waals surface area contributed by atoms with Crippen LogP contribution in [-0.2, 0) is 11.2 Å². The van der Waals surface area contributed by atoms with E-state index in [1.54, 1.807) is 19.3 Å². The fourth-order valence-electron chi connectivity index (χ4n) is 2.64. The van der Waals surface area contributed by atoms with Crippen LogP contribution in [0, 0.1) is 0 Å². The van der Waals surface area contributed by atoms with Crippen LogP contribution in [-0.4, -0.2) is 36.4 Å². The smallest absolute Gasteiger partial charge is 0.250 e. The molecule has 0 unspecified atom stereocenters. The van der Waals surface area contributed by atoms with E-state index in [0.29, 0.717) is 35.6 Å². The van der Waals surface area contributed by atoms with Crippen molar-refractivity contribution in [2.75, 3.05) is 25.6 Å². The van der Waals surface area contributed by atoms with Gasteiger partial charge in [-0.2, -0.15) is 0 Å². The van der Waals surface area contributed by atoms with Crippen LogP contribution in [0.5, 0.6) is 17.2 Å². The van der Waals surface area contributed by atoms with Crippen molar-refractivity contribution < 1.29 is 19.0 Å². The highest BCUT2D eigenvalue weighted by molar-refractivity contribution is 7.15. The predicted octanol–water partition coefficient (Wildman–Crippen LogP) is 3.70. The van der Waals surface area contributed by atoms with E-state index in [0.717, 1.165) is 29.8 Å². The summed E-state index contributed by atoms with van der Waals surface area (Å²) in [6, 6.07) is 3.62. The summed E-state index contributed by atoms with van der Waals surface area (Å²) in [5.74, 6) is 1.52. The van der Waals surface area contributed by atoms with Crippen LogP contribution < -0.4 is 19.5 Å². The van der Waals surface area contributed by atoms with E-state index in [2.05, 4.69) is 22.4 Å². The number of nitrogens with one attached hydrogen (secondary N) is 1. The standard InChI is InChI=1S/C19H23N3O4S/c1-3-4-5-6-17-21-22-19(27-17)20-16(23)8-7-13-11-14(24-2)18-15(12-13)25-9-10-26-18/h7-8,11-12H,3-6,9-10H2,1-2H3,(H,20,22,23)/b8-7+. The Morgan fingerprint density at radius 3 is 2.96 bits per heavy atom. The molecule has 3 rings (SSSR count). The molecule has 0 aliphatic carbocycles. The maximum Gasteiger partial charge on any atom is 0.250 e. The Morgan fingerprint density at radius 1 is 1.30 bits per heavy atom. The molecule has 1 amide bonds. The van der Waals surface area contributed by atoms with E-state index in [4.69, 9.17) is 14.2 Å². The number of carbonyl (C=O) groups is 1. The van der Waals surface area contributed by atoms with Gasteiger partial charge in [0.05, 0.1) is 7.11 Å². The van der Waals surface area contributed by atoms with Gasteiger partial charge in [-0.15, -0.1) is 10.2 Å². The first-order valence-electron chi connectivity index (χ1n) is 8.98. The molecular weight excluding hydrogens is 366 g/mol. The largest absolute Gasteiger partial charge is 0.493 e. The molecule has 1 N–H and O–H groups in total. The molecule has 144 valence electrons. The molecule has 1 aliphatic rings. The summed E-state index contributed by atoms with van der Waals surface area (Å²) in [5, 5.41) is 12.3. The highest BCUT2D eigenvalue weighted by atomic mass is 32.1. The molecule has 0 fully saturated rings. The van der Waals surface area contributed by atoms with Gasteiger partial charge in [-0.1, -0.05) is 31.1 Å². The first-order valence-corrected chi connectivity index (χ1v) is 9.80. The number of anilines is 1. The Bertz CT molecular complexity index is 802. The number of carbonyl (C=O) groups excluding carboxylic acids is 1. The van der Waals surface area contributed by atoms with Crippen molar-refractivity contribution in [2.24, 2.45) is 0 Å². The molecule has 7 nitrogen and oxygen atoms in total. The minimum Gasteiger partial charge on any atom is -0.493 e. The molecule has 1 aromatic heterocycles. The molecule has 1 aromatic carbocycles. The van der Waals surface area contributed by atoms with Crippen molar-refractivity contribution in [2.45, 2.75) is 32.6 Å². The second kappa shape index (κ2) is 9.36. The van der Waals surface area contributed by atoms with Gasteiger partial charge in [0.25, 0.3) is 0 Å². The number of hydrogen-bond acceptors (Lipinski definition) is 7. The van der Waals surface area contributed by atoms with E-state index < -0.39 is 0 Å². The number of aromatic nitrogens is 2. The lowest BCUT2D eigenvalue weighted by molar-refractivity contribution is -0.111. The van der Waals surface area contributed by atoms with Gasteiger partial charge in [0.1, 0.15) is 18.2 Å². The van der Waals surface area contributed by atoms with Gasteiger partial charge in [0, 0.05) is 12.5 Å². The number of ether oxygens (including phenoxy) is 3. The summed E-state index contributed by atoms with van der Waals surface area (Å²) in [6.45, 7) is 3.14. The fourth-order valence-corrected chi connectivity index (χ4v) is 3.42. The summed E-state index contributed by atoms with van der Waals surface area (Å²) < 4.78 is 16.5. The second-order valence-corrected chi connectivity index (χ2v) is 7.09. The number of hydrogen-bond donors (Lipinski definition) is 1. The fraction of sp³-hybridized carbons (Fsp3) is 0.421. The van der Waals surface area contributed by atoms with Gasteiger partial charge in [0.2, 0.25) is 16.8 Å².